The molecule has 0 aromatic carbocycles. The largest absolute Gasteiger partial charge is 0.479 e. The van der Waals surface area contributed by atoms with Crippen LogP contribution in [-0.2, 0) is 9.53 Å². The van der Waals surface area contributed by atoms with Crippen LogP contribution in [0.4, 0.5) is 0 Å². The van der Waals surface area contributed by atoms with E-state index in [0.29, 0.717) is 12.8 Å². The number of carboxylic acids is 1. The van der Waals surface area contributed by atoms with Gasteiger partial charge >= 0.3 is 5.97 Å². The van der Waals surface area contributed by atoms with E-state index in [1.807, 2.05) is 13.0 Å². The van der Waals surface area contributed by atoms with Gasteiger partial charge in [0.25, 0.3) is 0 Å². The second kappa shape index (κ2) is 4.23. The zero-order valence-corrected chi connectivity index (χ0v) is 10.4. The standard InChI is InChI=1S/C11H13ClN2O3/c1-6-3-8(14-10(12)13-6)7-4-11(5-7,17-2)9(15)16/h3,7H,4-5H2,1-2H3,(H,15,16). The summed E-state index contributed by atoms with van der Waals surface area (Å²) in [6.07, 6.45) is 0.844. The lowest BCUT2D eigenvalue weighted by Gasteiger charge is -2.42. The van der Waals surface area contributed by atoms with Gasteiger partial charge < -0.3 is 9.84 Å². The van der Waals surface area contributed by atoms with Gasteiger partial charge in [-0.1, -0.05) is 0 Å². The second-order valence-electron chi connectivity index (χ2n) is 4.31. The Morgan fingerprint density at radius 2 is 2.24 bits per heavy atom. The van der Waals surface area contributed by atoms with Crippen LogP contribution in [0.25, 0.3) is 0 Å². The van der Waals surface area contributed by atoms with E-state index in [0.717, 1.165) is 11.4 Å². The summed E-state index contributed by atoms with van der Waals surface area (Å²) in [6, 6.07) is 1.83. The summed E-state index contributed by atoms with van der Waals surface area (Å²) in [5, 5.41) is 9.27. The number of carboxylic acid groups (broad SMARTS) is 1. The minimum Gasteiger partial charge on any atom is -0.479 e. The fourth-order valence-corrected chi connectivity index (χ4v) is 2.37. The van der Waals surface area contributed by atoms with Crippen LogP contribution in [0.2, 0.25) is 5.28 Å². The van der Waals surface area contributed by atoms with Crippen LogP contribution in [-0.4, -0.2) is 33.8 Å². The number of aromatic nitrogens is 2. The van der Waals surface area contributed by atoms with Crippen molar-refractivity contribution in [2.24, 2.45) is 0 Å². The van der Waals surface area contributed by atoms with Crippen molar-refractivity contribution in [1.29, 1.82) is 0 Å². The summed E-state index contributed by atoms with van der Waals surface area (Å²) < 4.78 is 5.07. The van der Waals surface area contributed by atoms with Crippen molar-refractivity contribution in [3.8, 4) is 0 Å². The van der Waals surface area contributed by atoms with Crippen LogP contribution in [0, 0.1) is 6.92 Å². The van der Waals surface area contributed by atoms with Gasteiger partial charge in [0.1, 0.15) is 0 Å². The fraction of sp³-hybridized carbons (Fsp3) is 0.545. The monoisotopic (exact) mass is 256 g/mol. The Labute approximate surface area is 104 Å². The van der Waals surface area contributed by atoms with Crippen LogP contribution in [0.15, 0.2) is 6.07 Å². The molecule has 5 nitrogen and oxygen atoms in total. The molecule has 0 aliphatic heterocycles. The van der Waals surface area contributed by atoms with Crippen molar-refractivity contribution >= 4 is 17.6 Å². The highest BCUT2D eigenvalue weighted by Crippen LogP contribution is 2.46. The maximum Gasteiger partial charge on any atom is 0.335 e. The predicted molar refractivity (Wildman–Crippen MR) is 61.1 cm³/mol. The molecule has 0 saturated heterocycles. The summed E-state index contributed by atoms with van der Waals surface area (Å²) in [7, 11) is 1.42. The number of aryl methyl sites for hydroxylation is 1. The van der Waals surface area contributed by atoms with E-state index in [2.05, 4.69) is 9.97 Å². The summed E-state index contributed by atoms with van der Waals surface area (Å²) in [5.41, 5.74) is 0.511. The summed E-state index contributed by atoms with van der Waals surface area (Å²) >= 11 is 5.77. The van der Waals surface area contributed by atoms with E-state index in [4.69, 9.17) is 21.4 Å². The van der Waals surface area contributed by atoms with E-state index >= 15 is 0 Å². The maximum absolute atomic E-state index is 11.1. The Morgan fingerprint density at radius 1 is 1.59 bits per heavy atom. The SMILES string of the molecule is COC1(C(=O)O)CC(c2cc(C)nc(Cl)n2)C1. The number of rotatable bonds is 3. The fourth-order valence-electron chi connectivity index (χ4n) is 2.14. The number of hydrogen-bond donors (Lipinski definition) is 1. The number of ether oxygens (including phenoxy) is 1. The van der Waals surface area contributed by atoms with E-state index in [-0.39, 0.29) is 11.2 Å². The molecule has 1 aromatic rings. The van der Waals surface area contributed by atoms with Crippen LogP contribution >= 0.6 is 11.6 Å². The molecule has 0 radical (unpaired) electrons. The molecule has 0 amide bonds. The molecule has 0 spiro atoms. The smallest absolute Gasteiger partial charge is 0.335 e. The van der Waals surface area contributed by atoms with E-state index < -0.39 is 11.6 Å². The molecular weight excluding hydrogens is 244 g/mol. The van der Waals surface area contributed by atoms with Gasteiger partial charge in [-0.3, -0.25) is 0 Å². The van der Waals surface area contributed by atoms with Crippen LogP contribution < -0.4 is 0 Å². The van der Waals surface area contributed by atoms with E-state index in [1.165, 1.54) is 7.11 Å². The summed E-state index contributed by atoms with van der Waals surface area (Å²) in [6.45, 7) is 1.83. The minimum atomic E-state index is -1.06. The number of methoxy groups -OCH3 is 1. The Balaban J connectivity index is 2.16. The first-order valence-corrected chi connectivity index (χ1v) is 5.64. The predicted octanol–water partition coefficient (Wildman–Crippen LogP) is 1.79. The van der Waals surface area contributed by atoms with Crippen LogP contribution in [0.1, 0.15) is 30.1 Å². The van der Waals surface area contributed by atoms with Crippen molar-refractivity contribution in [3.05, 3.63) is 22.7 Å². The van der Waals surface area contributed by atoms with Gasteiger partial charge in [-0.15, -0.1) is 0 Å². The third-order valence-electron chi connectivity index (χ3n) is 3.20. The van der Waals surface area contributed by atoms with Crippen LogP contribution in [0.3, 0.4) is 0 Å². The molecule has 1 fully saturated rings. The molecule has 1 heterocycles. The van der Waals surface area contributed by atoms with Crippen LogP contribution in [0.5, 0.6) is 0 Å². The molecule has 2 rings (SSSR count). The van der Waals surface area contributed by atoms with E-state index in [9.17, 15) is 4.79 Å². The first-order chi connectivity index (χ1) is 7.97. The van der Waals surface area contributed by atoms with E-state index in [1.54, 1.807) is 0 Å². The third-order valence-corrected chi connectivity index (χ3v) is 3.37. The molecule has 1 aromatic heterocycles. The lowest BCUT2D eigenvalue weighted by molar-refractivity contribution is -0.176. The quantitative estimate of drug-likeness (QED) is 0.835. The maximum atomic E-state index is 11.1. The highest BCUT2D eigenvalue weighted by molar-refractivity contribution is 6.28. The molecule has 92 valence electrons. The minimum absolute atomic E-state index is 0.0743. The Kier molecular flexibility index (Phi) is 3.05. The zero-order chi connectivity index (χ0) is 12.6. The number of aliphatic carboxylic acids is 1. The molecule has 0 bridgehead atoms. The summed E-state index contributed by atoms with van der Waals surface area (Å²) in [4.78, 5) is 19.2. The van der Waals surface area contributed by atoms with Gasteiger partial charge in [0, 0.05) is 24.4 Å². The average molecular weight is 257 g/mol. The Bertz CT molecular complexity index is 438. The number of carbonyl (C=O) groups is 1. The van der Waals surface area contributed by atoms with Gasteiger partial charge in [0.05, 0.1) is 0 Å². The zero-order valence-electron chi connectivity index (χ0n) is 9.61. The lowest BCUT2D eigenvalue weighted by atomic mass is 9.69. The van der Waals surface area contributed by atoms with Gasteiger partial charge in [0.2, 0.25) is 5.28 Å². The topological polar surface area (TPSA) is 72.3 Å². The van der Waals surface area contributed by atoms with Gasteiger partial charge in [-0.25, -0.2) is 14.8 Å². The van der Waals surface area contributed by atoms with Crippen molar-refractivity contribution in [2.45, 2.75) is 31.3 Å². The number of halogens is 1. The highest BCUT2D eigenvalue weighted by Gasteiger charge is 2.52. The molecule has 0 unspecified atom stereocenters. The molecular formula is C11H13ClN2O3. The molecule has 1 aliphatic rings. The first-order valence-electron chi connectivity index (χ1n) is 5.26. The third kappa shape index (κ3) is 2.12. The molecule has 6 heteroatoms. The van der Waals surface area contributed by atoms with Gasteiger partial charge in [-0.05, 0) is 37.4 Å². The first kappa shape index (κ1) is 12.3. The average Bonchev–Trinajstić information content (AvgIpc) is 2.14. The van der Waals surface area contributed by atoms with Gasteiger partial charge in [-0.2, -0.15) is 0 Å². The number of hydrogen-bond acceptors (Lipinski definition) is 4. The number of nitrogens with zero attached hydrogens (tertiary/aromatic N) is 2. The van der Waals surface area contributed by atoms with Crippen molar-refractivity contribution in [3.63, 3.8) is 0 Å². The Hall–Kier alpha value is -1.20. The lowest BCUT2D eigenvalue weighted by Crippen LogP contribution is -2.51. The van der Waals surface area contributed by atoms with Crippen molar-refractivity contribution in [2.75, 3.05) is 7.11 Å². The van der Waals surface area contributed by atoms with Crippen molar-refractivity contribution < 1.29 is 14.6 Å². The molecule has 1 saturated carbocycles. The Morgan fingerprint density at radius 3 is 2.71 bits per heavy atom. The molecule has 0 atom stereocenters. The summed E-state index contributed by atoms with van der Waals surface area (Å²) in [5.74, 6) is -0.849. The molecule has 1 N–H and O–H groups in total. The highest BCUT2D eigenvalue weighted by atomic mass is 35.5. The molecule has 17 heavy (non-hydrogen) atoms. The normalized spacial score (nSPS) is 27.6. The van der Waals surface area contributed by atoms with Crippen molar-refractivity contribution in [1.82, 2.24) is 9.97 Å². The second-order valence-corrected chi connectivity index (χ2v) is 4.65. The van der Waals surface area contributed by atoms with Gasteiger partial charge in [0.15, 0.2) is 5.60 Å². The molecule has 1 aliphatic carbocycles.